The number of hydrogen-bond acceptors (Lipinski definition) is 7. The van der Waals surface area contributed by atoms with E-state index in [2.05, 4.69) is 74.7 Å². The summed E-state index contributed by atoms with van der Waals surface area (Å²) in [5, 5.41) is 3.01. The van der Waals surface area contributed by atoms with Gasteiger partial charge in [0.1, 0.15) is 19.3 Å². The predicted molar refractivity (Wildman–Crippen MR) is 307 cm³/mol. The molecule has 0 bridgehead atoms. The van der Waals surface area contributed by atoms with Crippen LogP contribution in [0.2, 0.25) is 0 Å². The number of phosphoric acid groups is 1. The molecule has 420 valence electrons. The van der Waals surface area contributed by atoms with E-state index in [1.54, 1.807) is 0 Å². The van der Waals surface area contributed by atoms with Crippen LogP contribution in [0.5, 0.6) is 0 Å². The molecule has 9 nitrogen and oxygen atoms in total. The van der Waals surface area contributed by atoms with E-state index in [0.717, 1.165) is 64.2 Å². The first kappa shape index (κ1) is 69.7. The highest BCUT2D eigenvalue weighted by Crippen LogP contribution is 2.38. The van der Waals surface area contributed by atoms with Gasteiger partial charge in [0.15, 0.2) is 0 Å². The third kappa shape index (κ3) is 52.6. The molecule has 0 aliphatic carbocycles. The summed E-state index contributed by atoms with van der Waals surface area (Å²) in [5.41, 5.74) is 0. The summed E-state index contributed by atoms with van der Waals surface area (Å²) >= 11 is 0. The number of likely N-dealkylation sites (N-methyl/N-ethyl adjacent to an activating group) is 1. The van der Waals surface area contributed by atoms with Crippen molar-refractivity contribution in [3.05, 3.63) is 60.8 Å². The van der Waals surface area contributed by atoms with E-state index < -0.39 is 32.5 Å². The summed E-state index contributed by atoms with van der Waals surface area (Å²) in [7, 11) is 1.16. The van der Waals surface area contributed by atoms with Crippen LogP contribution in [0.15, 0.2) is 60.8 Å². The molecule has 72 heavy (non-hydrogen) atoms. The van der Waals surface area contributed by atoms with Gasteiger partial charge in [0.25, 0.3) is 7.82 Å². The van der Waals surface area contributed by atoms with Crippen LogP contribution < -0.4 is 10.2 Å². The minimum Gasteiger partial charge on any atom is -0.756 e. The van der Waals surface area contributed by atoms with Crippen molar-refractivity contribution in [2.45, 2.75) is 283 Å². The van der Waals surface area contributed by atoms with Crippen molar-refractivity contribution >= 4 is 19.7 Å². The third-order valence-electron chi connectivity index (χ3n) is 13.2. The monoisotopic (exact) mass is 1030 g/mol. The summed E-state index contributed by atoms with van der Waals surface area (Å²) in [6, 6.07) is -0.908. The fourth-order valence-corrected chi connectivity index (χ4v) is 9.24. The normalized spacial score (nSPS) is 14.2. The van der Waals surface area contributed by atoms with E-state index in [-0.39, 0.29) is 18.9 Å². The minimum absolute atomic E-state index is 0.0305. The molecule has 3 unspecified atom stereocenters. The Morgan fingerprint density at radius 3 is 1.32 bits per heavy atom. The average molecular weight is 1030 g/mol. The fourth-order valence-electron chi connectivity index (χ4n) is 8.51. The van der Waals surface area contributed by atoms with Gasteiger partial charge in [-0.3, -0.25) is 14.2 Å². The first-order valence-corrected chi connectivity index (χ1v) is 31.6. The van der Waals surface area contributed by atoms with Gasteiger partial charge in [-0.25, -0.2) is 0 Å². The lowest BCUT2D eigenvalue weighted by atomic mass is 10.0. The van der Waals surface area contributed by atoms with Crippen LogP contribution in [0.25, 0.3) is 0 Å². The van der Waals surface area contributed by atoms with Gasteiger partial charge in [-0.15, -0.1) is 0 Å². The zero-order chi connectivity index (χ0) is 52.9. The maximum absolute atomic E-state index is 13.5. The van der Waals surface area contributed by atoms with E-state index >= 15 is 0 Å². The van der Waals surface area contributed by atoms with Gasteiger partial charge in [-0.2, -0.15) is 0 Å². The quantitative estimate of drug-likeness (QED) is 0.0212. The van der Waals surface area contributed by atoms with E-state index in [4.69, 9.17) is 13.8 Å². The van der Waals surface area contributed by atoms with E-state index in [9.17, 15) is 19.0 Å². The zero-order valence-electron chi connectivity index (χ0n) is 47.9. The number of phosphoric ester groups is 1. The first-order valence-electron chi connectivity index (χ1n) is 30.1. The summed E-state index contributed by atoms with van der Waals surface area (Å²) in [4.78, 5) is 39.9. The molecule has 0 saturated heterocycles. The van der Waals surface area contributed by atoms with Gasteiger partial charge >= 0.3 is 5.97 Å². The largest absolute Gasteiger partial charge is 0.756 e. The number of hydrogen-bond donors (Lipinski definition) is 1. The lowest BCUT2D eigenvalue weighted by molar-refractivity contribution is -0.870. The number of quaternary nitrogens is 1. The van der Waals surface area contributed by atoms with E-state index in [1.165, 1.54) is 167 Å². The number of allylic oxidation sites excluding steroid dienone is 9. The van der Waals surface area contributed by atoms with Crippen LogP contribution in [-0.4, -0.2) is 69.4 Å². The Morgan fingerprint density at radius 1 is 0.486 bits per heavy atom. The van der Waals surface area contributed by atoms with Crippen LogP contribution in [0.4, 0.5) is 0 Å². The molecular formula is C62H115N2O7P. The molecule has 0 aromatic carbocycles. The Kier molecular flexibility index (Phi) is 50.5. The molecule has 0 saturated carbocycles. The van der Waals surface area contributed by atoms with Crippen molar-refractivity contribution in [2.75, 3.05) is 40.9 Å². The number of carbonyl (C=O) groups is 2. The summed E-state index contributed by atoms with van der Waals surface area (Å²) in [6.45, 7) is 6.79. The predicted octanol–water partition coefficient (Wildman–Crippen LogP) is 17.6. The molecule has 10 heteroatoms. The summed E-state index contributed by atoms with van der Waals surface area (Å²) in [5.74, 6) is -0.600. The van der Waals surface area contributed by atoms with Gasteiger partial charge in [0, 0.05) is 12.8 Å². The topological polar surface area (TPSA) is 114 Å². The smallest absolute Gasteiger partial charge is 0.306 e. The molecule has 0 aliphatic heterocycles. The van der Waals surface area contributed by atoms with Gasteiger partial charge in [-0.05, 0) is 70.3 Å². The highest BCUT2D eigenvalue weighted by molar-refractivity contribution is 7.45. The SMILES string of the molecule is CCCCC/C=C\C/C=C\C/C=C\C/C=C\CCCC(=O)OC(/C=C/CCCCCCCCCCCC)C(COP(=O)([O-])OCC[N+](C)(C)C)NC(=O)CCCCCCCCCCCCCCCCCCC. The van der Waals surface area contributed by atoms with E-state index in [0.29, 0.717) is 23.9 Å². The average Bonchev–Trinajstić information content (AvgIpc) is 3.34. The first-order chi connectivity index (χ1) is 34.9. The van der Waals surface area contributed by atoms with Crippen molar-refractivity contribution in [1.29, 1.82) is 0 Å². The maximum Gasteiger partial charge on any atom is 0.306 e. The number of carbonyl (C=O) groups excluding carboxylic acids is 2. The molecule has 0 aromatic heterocycles. The maximum atomic E-state index is 13.5. The molecule has 0 rings (SSSR count). The van der Waals surface area contributed by atoms with Crippen molar-refractivity contribution in [2.24, 2.45) is 0 Å². The molecule has 1 N–H and O–H groups in total. The number of nitrogens with zero attached hydrogens (tertiary/aromatic N) is 1. The number of unbranched alkanes of at least 4 members (excludes halogenated alkanes) is 30. The van der Waals surface area contributed by atoms with Crippen LogP contribution >= 0.6 is 7.82 Å². The lowest BCUT2D eigenvalue weighted by Gasteiger charge is -2.30. The molecule has 0 radical (unpaired) electrons. The Hall–Kier alpha value is -2.29. The van der Waals surface area contributed by atoms with Crippen LogP contribution in [0, 0.1) is 0 Å². The van der Waals surface area contributed by atoms with Crippen molar-refractivity contribution in [3.63, 3.8) is 0 Å². The number of amides is 1. The molecule has 0 fully saturated rings. The molecule has 0 heterocycles. The number of ether oxygens (including phenoxy) is 1. The Balaban J connectivity index is 5.37. The van der Waals surface area contributed by atoms with Gasteiger partial charge in [0.05, 0.1) is 33.8 Å². The van der Waals surface area contributed by atoms with Crippen molar-refractivity contribution in [1.82, 2.24) is 5.32 Å². The Labute approximate surface area is 445 Å². The molecular weight excluding hydrogens is 916 g/mol. The van der Waals surface area contributed by atoms with Gasteiger partial charge in [-0.1, -0.05) is 249 Å². The van der Waals surface area contributed by atoms with Crippen LogP contribution in [-0.2, 0) is 27.9 Å². The van der Waals surface area contributed by atoms with E-state index in [1.807, 2.05) is 33.3 Å². The molecule has 3 atom stereocenters. The minimum atomic E-state index is -4.71. The second-order valence-electron chi connectivity index (χ2n) is 21.5. The van der Waals surface area contributed by atoms with Gasteiger partial charge < -0.3 is 28.5 Å². The van der Waals surface area contributed by atoms with Crippen LogP contribution in [0.3, 0.4) is 0 Å². The Morgan fingerprint density at radius 2 is 0.861 bits per heavy atom. The van der Waals surface area contributed by atoms with Crippen molar-refractivity contribution < 1.29 is 37.3 Å². The standard InChI is InChI=1S/C62H115N2O7P/c1-7-10-13-16-19-22-25-28-30-32-34-36-39-42-45-48-51-54-61(65)63-59(58-70-72(67,68)69-57-56-64(4,5)6)60(53-50-47-44-41-38-27-24-21-18-15-12-9-3)71-62(66)55-52-49-46-43-40-37-35-33-31-29-26-23-20-17-14-11-8-2/h20,23,29,31,35,37,43,46,50,53,59-60H,7-19,21-22,24-28,30,32-34,36,38-42,44-45,47-49,51-52,54-58H2,1-6H3,(H-,63,65,67,68)/b23-20-,31-29-,37-35-,46-43-,53-50+. The van der Waals surface area contributed by atoms with Crippen LogP contribution in [0.1, 0.15) is 271 Å². The Bertz CT molecular complexity index is 1420. The molecule has 0 spiro atoms. The highest BCUT2D eigenvalue weighted by Gasteiger charge is 2.27. The number of nitrogens with one attached hydrogen (secondary N) is 1. The lowest BCUT2D eigenvalue weighted by Crippen LogP contribution is -2.47. The number of esters is 1. The zero-order valence-corrected chi connectivity index (χ0v) is 48.8. The molecule has 1 amide bonds. The number of rotatable bonds is 54. The van der Waals surface area contributed by atoms with Gasteiger partial charge in [0.2, 0.25) is 5.91 Å². The highest BCUT2D eigenvalue weighted by atomic mass is 31.2. The molecule has 0 aliphatic rings. The second-order valence-corrected chi connectivity index (χ2v) is 22.9. The summed E-state index contributed by atoms with van der Waals surface area (Å²) in [6.07, 6.45) is 64.7. The second kappa shape index (κ2) is 52.2. The third-order valence-corrected chi connectivity index (χ3v) is 14.2. The summed E-state index contributed by atoms with van der Waals surface area (Å²) < 4.78 is 30.2. The molecule has 0 aromatic rings. The van der Waals surface area contributed by atoms with Crippen molar-refractivity contribution in [3.8, 4) is 0 Å². The fraction of sp³-hybridized carbons (Fsp3) is 0.806.